The van der Waals surface area contributed by atoms with E-state index in [9.17, 15) is 5.11 Å². The molecule has 18 heavy (non-hydrogen) atoms. The fourth-order valence-corrected chi connectivity index (χ4v) is 3.17. The van der Waals surface area contributed by atoms with Gasteiger partial charge in [-0.05, 0) is 38.1 Å². The Balaban J connectivity index is 2.64. The maximum absolute atomic E-state index is 9.60. The number of hydrogen-bond donors (Lipinski definition) is 2. The smallest absolute Gasteiger partial charge is 0.0613 e. The maximum atomic E-state index is 9.60. The summed E-state index contributed by atoms with van der Waals surface area (Å²) in [6.45, 7) is 11.8. The van der Waals surface area contributed by atoms with Gasteiger partial charge in [0.25, 0.3) is 0 Å². The van der Waals surface area contributed by atoms with E-state index in [2.05, 4.69) is 37.9 Å². The lowest BCUT2D eigenvalue weighted by molar-refractivity contribution is 0.131. The molecule has 0 aliphatic heterocycles. The van der Waals surface area contributed by atoms with Crippen LogP contribution < -0.4 is 5.32 Å². The molecule has 0 aromatic carbocycles. The zero-order valence-corrected chi connectivity index (χ0v) is 12.9. The topological polar surface area (TPSA) is 35.5 Å². The summed E-state index contributed by atoms with van der Waals surface area (Å²) in [6.07, 6.45) is 3.39. The second-order valence-electron chi connectivity index (χ2n) is 6.83. The summed E-state index contributed by atoms with van der Waals surface area (Å²) < 4.78 is 0. The summed E-state index contributed by atoms with van der Waals surface area (Å²) in [5.74, 6) is 1.42. The molecule has 2 N–H and O–H groups in total. The highest BCUT2D eigenvalue weighted by molar-refractivity contribution is 4.98. The molecule has 1 fully saturated rings. The molecule has 1 aliphatic rings. The van der Waals surface area contributed by atoms with Crippen LogP contribution in [0.4, 0.5) is 0 Å². The Kier molecular flexibility index (Phi) is 6.09. The van der Waals surface area contributed by atoms with Crippen LogP contribution in [-0.2, 0) is 0 Å². The molecule has 0 aromatic heterocycles. The molecule has 3 nitrogen and oxygen atoms in total. The second kappa shape index (κ2) is 6.88. The summed E-state index contributed by atoms with van der Waals surface area (Å²) >= 11 is 0. The molecule has 0 aromatic rings. The Labute approximate surface area is 113 Å². The summed E-state index contributed by atoms with van der Waals surface area (Å²) in [7, 11) is 1.98. The van der Waals surface area contributed by atoms with Gasteiger partial charge in [0, 0.05) is 24.7 Å². The third kappa shape index (κ3) is 4.22. The van der Waals surface area contributed by atoms with Crippen molar-refractivity contribution in [3.63, 3.8) is 0 Å². The van der Waals surface area contributed by atoms with Crippen LogP contribution in [0.15, 0.2) is 0 Å². The quantitative estimate of drug-likeness (QED) is 0.732. The average molecular weight is 256 g/mol. The second-order valence-corrected chi connectivity index (χ2v) is 6.83. The van der Waals surface area contributed by atoms with Crippen LogP contribution in [0.2, 0.25) is 0 Å². The Morgan fingerprint density at radius 3 is 2.11 bits per heavy atom. The molecule has 0 heterocycles. The van der Waals surface area contributed by atoms with Gasteiger partial charge in [-0.1, -0.05) is 27.7 Å². The fourth-order valence-electron chi connectivity index (χ4n) is 3.17. The highest BCUT2D eigenvalue weighted by atomic mass is 16.3. The van der Waals surface area contributed by atoms with E-state index in [0.717, 1.165) is 12.8 Å². The Morgan fingerprint density at radius 1 is 1.22 bits per heavy atom. The number of likely N-dealkylation sites (N-methyl/N-ethyl adjacent to an activating group) is 1. The van der Waals surface area contributed by atoms with E-state index < -0.39 is 0 Å². The number of aliphatic hydroxyl groups excluding tert-OH is 1. The highest BCUT2D eigenvalue weighted by Crippen LogP contribution is 2.33. The maximum Gasteiger partial charge on any atom is 0.0613 e. The van der Waals surface area contributed by atoms with Crippen molar-refractivity contribution in [2.75, 3.05) is 26.7 Å². The zero-order chi connectivity index (χ0) is 13.8. The van der Waals surface area contributed by atoms with Gasteiger partial charge in [0.05, 0.1) is 6.61 Å². The van der Waals surface area contributed by atoms with Gasteiger partial charge < -0.3 is 10.4 Å². The Hall–Kier alpha value is -0.120. The van der Waals surface area contributed by atoms with E-state index in [0.29, 0.717) is 17.9 Å². The summed E-state index contributed by atoms with van der Waals surface area (Å²) in [6, 6.07) is 0.634. The summed E-state index contributed by atoms with van der Waals surface area (Å²) in [5, 5.41) is 12.9. The van der Waals surface area contributed by atoms with Crippen LogP contribution >= 0.6 is 0 Å². The van der Waals surface area contributed by atoms with Gasteiger partial charge in [-0.25, -0.2) is 0 Å². The largest absolute Gasteiger partial charge is 0.394 e. The normalized spacial score (nSPS) is 28.8. The van der Waals surface area contributed by atoms with Gasteiger partial charge >= 0.3 is 0 Å². The van der Waals surface area contributed by atoms with Crippen molar-refractivity contribution in [2.24, 2.45) is 11.8 Å². The molecular weight excluding hydrogens is 224 g/mol. The van der Waals surface area contributed by atoms with Crippen LogP contribution in [0.5, 0.6) is 0 Å². The molecule has 0 bridgehead atoms. The Bertz CT molecular complexity index is 227. The number of hydrogen-bond acceptors (Lipinski definition) is 3. The summed E-state index contributed by atoms with van der Waals surface area (Å²) in [4.78, 5) is 2.64. The monoisotopic (exact) mass is 256 g/mol. The van der Waals surface area contributed by atoms with Gasteiger partial charge in [0.2, 0.25) is 0 Å². The zero-order valence-electron chi connectivity index (χ0n) is 12.9. The molecule has 3 heteroatoms. The molecule has 0 radical (unpaired) electrons. The number of nitrogens with zero attached hydrogens (tertiary/aromatic N) is 1. The number of rotatable bonds is 7. The van der Waals surface area contributed by atoms with Crippen LogP contribution in [0.1, 0.15) is 47.0 Å². The molecule has 1 saturated carbocycles. The van der Waals surface area contributed by atoms with E-state index in [-0.39, 0.29) is 12.1 Å². The lowest BCUT2D eigenvalue weighted by Gasteiger charge is -2.34. The van der Waals surface area contributed by atoms with Crippen molar-refractivity contribution in [2.45, 2.75) is 58.5 Å². The molecular formula is C15H32N2O. The van der Waals surface area contributed by atoms with Gasteiger partial charge in [-0.15, -0.1) is 0 Å². The average Bonchev–Trinajstić information content (AvgIpc) is 2.72. The third-order valence-corrected chi connectivity index (χ3v) is 4.13. The van der Waals surface area contributed by atoms with Crippen molar-refractivity contribution in [1.82, 2.24) is 10.2 Å². The number of aliphatic hydroxyl groups is 1. The lowest BCUT2D eigenvalue weighted by Crippen LogP contribution is -2.47. The molecule has 0 saturated heterocycles. The predicted octanol–water partition coefficient (Wildman–Crippen LogP) is 2.10. The Morgan fingerprint density at radius 2 is 1.78 bits per heavy atom. The SMILES string of the molecule is CNC1(CO)CCC(N(CC(C)C)CC(C)C)C1. The fraction of sp³-hybridized carbons (Fsp3) is 1.00. The van der Waals surface area contributed by atoms with Crippen molar-refractivity contribution < 1.29 is 5.11 Å². The molecule has 0 amide bonds. The molecule has 108 valence electrons. The first-order chi connectivity index (χ1) is 8.42. The minimum Gasteiger partial charge on any atom is -0.394 e. The van der Waals surface area contributed by atoms with Crippen LogP contribution in [0.3, 0.4) is 0 Å². The predicted molar refractivity (Wildman–Crippen MR) is 77.8 cm³/mol. The molecule has 2 unspecified atom stereocenters. The van der Waals surface area contributed by atoms with Crippen molar-refractivity contribution in [3.05, 3.63) is 0 Å². The van der Waals surface area contributed by atoms with Crippen molar-refractivity contribution in [1.29, 1.82) is 0 Å². The highest BCUT2D eigenvalue weighted by Gasteiger charge is 2.39. The van der Waals surface area contributed by atoms with Crippen LogP contribution in [-0.4, -0.2) is 48.3 Å². The standard InChI is InChI=1S/C15H32N2O/c1-12(2)9-17(10-13(3)4)14-6-7-15(8-14,11-18)16-5/h12-14,16,18H,6-11H2,1-5H3. The molecule has 2 atom stereocenters. The minimum absolute atomic E-state index is 0.0309. The molecule has 0 spiro atoms. The number of nitrogens with one attached hydrogen (secondary N) is 1. The molecule has 1 rings (SSSR count). The van der Waals surface area contributed by atoms with E-state index in [1.807, 2.05) is 7.05 Å². The first-order valence-electron chi connectivity index (χ1n) is 7.46. The molecule has 1 aliphatic carbocycles. The minimum atomic E-state index is -0.0309. The van der Waals surface area contributed by atoms with Gasteiger partial charge in [-0.3, -0.25) is 4.90 Å². The lowest BCUT2D eigenvalue weighted by atomic mass is 9.98. The van der Waals surface area contributed by atoms with E-state index in [4.69, 9.17) is 0 Å². The first kappa shape index (κ1) is 15.9. The summed E-state index contributed by atoms with van der Waals surface area (Å²) in [5.41, 5.74) is -0.0309. The van der Waals surface area contributed by atoms with Crippen LogP contribution in [0.25, 0.3) is 0 Å². The van der Waals surface area contributed by atoms with Crippen molar-refractivity contribution in [3.8, 4) is 0 Å². The van der Waals surface area contributed by atoms with E-state index >= 15 is 0 Å². The van der Waals surface area contributed by atoms with Crippen molar-refractivity contribution >= 4 is 0 Å². The van der Waals surface area contributed by atoms with Crippen LogP contribution in [0, 0.1) is 11.8 Å². The van der Waals surface area contributed by atoms with Gasteiger partial charge in [-0.2, -0.15) is 0 Å². The van der Waals surface area contributed by atoms with E-state index in [1.165, 1.54) is 19.5 Å². The van der Waals surface area contributed by atoms with E-state index in [1.54, 1.807) is 0 Å². The first-order valence-corrected chi connectivity index (χ1v) is 7.46. The van der Waals surface area contributed by atoms with Gasteiger partial charge in [0.1, 0.15) is 0 Å². The third-order valence-electron chi connectivity index (χ3n) is 4.13. The van der Waals surface area contributed by atoms with Gasteiger partial charge in [0.15, 0.2) is 0 Å².